The number of rotatable bonds is 5. The van der Waals surface area contributed by atoms with Crippen LogP contribution < -0.4 is 15.4 Å². The number of carbonyl (C=O) groups is 2. The average molecular weight is 505 g/mol. The van der Waals surface area contributed by atoms with Crippen LogP contribution in [0.4, 0.5) is 5.00 Å². The average Bonchev–Trinajstić information content (AvgIpc) is 3.30. The molecule has 0 bridgehead atoms. The number of fused-ring (bicyclic) bond motifs is 1. The summed E-state index contributed by atoms with van der Waals surface area (Å²) in [5, 5.41) is 6.39. The molecule has 34 heavy (non-hydrogen) atoms. The number of nitrogens with one attached hydrogen (secondary N) is 2. The Labute approximate surface area is 205 Å². The van der Waals surface area contributed by atoms with E-state index in [1.165, 1.54) is 11.3 Å². The first-order valence-corrected chi connectivity index (χ1v) is 14.2. The SMILES string of the molecule is COc1cccc(C(=O)Nc2sc3c(c2C(=O)N[C@@H]2CCS(=O)(=O)C2)CC[C@@H](C(C)(C)C)C3)c1. The van der Waals surface area contributed by atoms with Crippen LogP contribution in [-0.4, -0.2) is 44.9 Å². The molecule has 1 aliphatic carbocycles. The number of ether oxygens (including phenoxy) is 1. The molecule has 0 unspecified atom stereocenters. The molecule has 2 amide bonds. The van der Waals surface area contributed by atoms with Crippen molar-refractivity contribution in [3.63, 3.8) is 0 Å². The highest BCUT2D eigenvalue weighted by atomic mass is 32.2. The van der Waals surface area contributed by atoms with Gasteiger partial charge in [0.05, 0.1) is 24.2 Å². The van der Waals surface area contributed by atoms with Gasteiger partial charge in [0.25, 0.3) is 11.8 Å². The van der Waals surface area contributed by atoms with Gasteiger partial charge in [-0.05, 0) is 60.8 Å². The maximum atomic E-state index is 13.4. The summed E-state index contributed by atoms with van der Waals surface area (Å²) in [6, 6.07) is 6.46. The standard InChI is InChI=1S/C25H32N2O5S2/c1-25(2,3)16-8-9-19-20(13-16)33-24(27-22(28)15-6-5-7-18(12-15)32-4)21(19)23(29)26-17-10-11-34(30,31)14-17/h5-7,12,16-17H,8-11,13-14H2,1-4H3,(H,26,29)(H,27,28)/t16-,17-/m1/s1. The van der Waals surface area contributed by atoms with E-state index in [0.717, 1.165) is 29.7 Å². The van der Waals surface area contributed by atoms with Crippen LogP contribution in [0.2, 0.25) is 0 Å². The van der Waals surface area contributed by atoms with E-state index in [-0.39, 0.29) is 28.7 Å². The molecule has 2 heterocycles. The second-order valence-corrected chi connectivity index (χ2v) is 13.6. The third-order valence-corrected chi connectivity index (χ3v) is 9.78. The van der Waals surface area contributed by atoms with Crippen molar-refractivity contribution in [1.29, 1.82) is 0 Å². The van der Waals surface area contributed by atoms with Gasteiger partial charge in [0.1, 0.15) is 10.8 Å². The Balaban J connectivity index is 1.65. The molecule has 2 aromatic rings. The van der Waals surface area contributed by atoms with Crippen molar-refractivity contribution >= 4 is 38.0 Å². The lowest BCUT2D eigenvalue weighted by Gasteiger charge is -2.33. The fraction of sp³-hybridized carbons (Fsp3) is 0.520. The quantitative estimate of drug-likeness (QED) is 0.639. The first-order chi connectivity index (χ1) is 16.0. The van der Waals surface area contributed by atoms with Crippen LogP contribution in [-0.2, 0) is 22.7 Å². The van der Waals surface area contributed by atoms with Gasteiger partial charge in [-0.3, -0.25) is 9.59 Å². The smallest absolute Gasteiger partial charge is 0.256 e. The van der Waals surface area contributed by atoms with Gasteiger partial charge in [-0.25, -0.2) is 8.42 Å². The predicted octanol–water partition coefficient (Wildman–Crippen LogP) is 4.08. The van der Waals surface area contributed by atoms with E-state index >= 15 is 0 Å². The minimum absolute atomic E-state index is 0.0390. The lowest BCUT2D eigenvalue weighted by molar-refractivity contribution is 0.0941. The van der Waals surface area contributed by atoms with Gasteiger partial charge in [-0.15, -0.1) is 11.3 Å². The normalized spacial score (nSPS) is 21.5. The van der Waals surface area contributed by atoms with Gasteiger partial charge >= 0.3 is 0 Å². The number of amides is 2. The van der Waals surface area contributed by atoms with E-state index in [2.05, 4.69) is 31.4 Å². The largest absolute Gasteiger partial charge is 0.497 e. The molecule has 4 rings (SSSR count). The summed E-state index contributed by atoms with van der Waals surface area (Å²) in [4.78, 5) is 27.6. The molecule has 9 heteroatoms. The molecule has 1 aliphatic heterocycles. The summed E-state index contributed by atoms with van der Waals surface area (Å²) < 4.78 is 29.0. The van der Waals surface area contributed by atoms with Crippen LogP contribution in [0, 0.1) is 11.3 Å². The predicted molar refractivity (Wildman–Crippen MR) is 135 cm³/mol. The van der Waals surface area contributed by atoms with Gasteiger partial charge in [-0.1, -0.05) is 26.8 Å². The summed E-state index contributed by atoms with van der Waals surface area (Å²) in [6.45, 7) is 6.70. The minimum Gasteiger partial charge on any atom is -0.497 e. The molecule has 2 aliphatic rings. The van der Waals surface area contributed by atoms with Gasteiger partial charge < -0.3 is 15.4 Å². The fourth-order valence-electron chi connectivity index (χ4n) is 4.76. The number of carbonyl (C=O) groups excluding carboxylic acids is 2. The molecule has 2 atom stereocenters. The number of hydrogen-bond acceptors (Lipinski definition) is 6. The number of anilines is 1. The van der Waals surface area contributed by atoms with Crippen molar-refractivity contribution in [3.05, 3.63) is 45.8 Å². The molecule has 7 nitrogen and oxygen atoms in total. The van der Waals surface area contributed by atoms with E-state index in [1.807, 2.05) is 0 Å². The minimum atomic E-state index is -3.12. The lowest BCUT2D eigenvalue weighted by Crippen LogP contribution is -2.36. The Hall–Kier alpha value is -2.39. The molecule has 1 aromatic carbocycles. The van der Waals surface area contributed by atoms with Crippen LogP contribution in [0.25, 0.3) is 0 Å². The summed E-state index contributed by atoms with van der Waals surface area (Å²) in [7, 11) is -1.57. The van der Waals surface area contributed by atoms with E-state index in [4.69, 9.17) is 4.74 Å². The van der Waals surface area contributed by atoms with E-state index in [9.17, 15) is 18.0 Å². The summed E-state index contributed by atoms with van der Waals surface area (Å²) in [5.41, 5.74) is 2.04. The van der Waals surface area contributed by atoms with E-state index in [0.29, 0.717) is 34.2 Å². The van der Waals surface area contributed by atoms with Crippen LogP contribution in [0.15, 0.2) is 24.3 Å². The third kappa shape index (κ3) is 5.30. The summed E-state index contributed by atoms with van der Waals surface area (Å²) in [5.74, 6) is 0.481. The molecule has 1 saturated heterocycles. The number of thiophene rings is 1. The van der Waals surface area contributed by atoms with Crippen molar-refractivity contribution in [2.75, 3.05) is 23.9 Å². The number of hydrogen-bond donors (Lipinski definition) is 2. The molecular weight excluding hydrogens is 472 g/mol. The monoisotopic (exact) mass is 504 g/mol. The molecule has 0 saturated carbocycles. The van der Waals surface area contributed by atoms with Crippen molar-refractivity contribution in [2.24, 2.45) is 11.3 Å². The zero-order valence-electron chi connectivity index (χ0n) is 20.1. The molecule has 2 N–H and O–H groups in total. The summed E-state index contributed by atoms with van der Waals surface area (Å²) in [6.07, 6.45) is 3.00. The topological polar surface area (TPSA) is 102 Å². The maximum Gasteiger partial charge on any atom is 0.256 e. The zero-order chi connectivity index (χ0) is 24.7. The second-order valence-electron chi connectivity index (χ2n) is 10.3. The van der Waals surface area contributed by atoms with Crippen LogP contribution in [0.5, 0.6) is 5.75 Å². The Kier molecular flexibility index (Phi) is 6.79. The van der Waals surface area contributed by atoms with Gasteiger partial charge in [0, 0.05) is 16.5 Å². The Bertz CT molecular complexity index is 1210. The molecule has 1 aromatic heterocycles. The third-order valence-electron chi connectivity index (χ3n) is 6.84. The lowest BCUT2D eigenvalue weighted by atomic mass is 9.72. The molecule has 184 valence electrons. The van der Waals surface area contributed by atoms with Crippen molar-refractivity contribution < 1.29 is 22.7 Å². The Morgan fingerprint density at radius 3 is 2.56 bits per heavy atom. The fourth-order valence-corrected chi connectivity index (χ4v) is 7.75. The highest BCUT2D eigenvalue weighted by molar-refractivity contribution is 7.91. The van der Waals surface area contributed by atoms with Crippen molar-refractivity contribution in [2.45, 2.75) is 52.5 Å². The van der Waals surface area contributed by atoms with Crippen molar-refractivity contribution in [1.82, 2.24) is 5.32 Å². The highest BCUT2D eigenvalue weighted by Gasteiger charge is 2.36. The van der Waals surface area contributed by atoms with Gasteiger partial charge in [0.2, 0.25) is 0 Å². The Morgan fingerprint density at radius 1 is 1.15 bits per heavy atom. The molecule has 0 spiro atoms. The number of methoxy groups -OCH3 is 1. The van der Waals surface area contributed by atoms with Gasteiger partial charge in [0.15, 0.2) is 9.84 Å². The Morgan fingerprint density at radius 2 is 1.91 bits per heavy atom. The molecule has 0 radical (unpaired) electrons. The van der Waals surface area contributed by atoms with Gasteiger partial charge in [-0.2, -0.15) is 0 Å². The first-order valence-electron chi connectivity index (χ1n) is 11.6. The van der Waals surface area contributed by atoms with Crippen LogP contribution in [0.1, 0.15) is 64.8 Å². The highest BCUT2D eigenvalue weighted by Crippen LogP contribution is 2.44. The first kappa shape index (κ1) is 24.7. The second kappa shape index (κ2) is 9.34. The van der Waals surface area contributed by atoms with E-state index in [1.54, 1.807) is 31.4 Å². The van der Waals surface area contributed by atoms with Crippen LogP contribution >= 0.6 is 11.3 Å². The number of sulfone groups is 1. The molecule has 1 fully saturated rings. The van der Waals surface area contributed by atoms with E-state index < -0.39 is 15.9 Å². The van der Waals surface area contributed by atoms with Crippen molar-refractivity contribution in [3.8, 4) is 5.75 Å². The number of benzene rings is 1. The zero-order valence-corrected chi connectivity index (χ0v) is 21.7. The maximum absolute atomic E-state index is 13.4. The molecular formula is C25H32N2O5S2. The summed E-state index contributed by atoms with van der Waals surface area (Å²) >= 11 is 1.46. The van der Waals surface area contributed by atoms with Crippen LogP contribution in [0.3, 0.4) is 0 Å².